The number of benzene rings is 3. The summed E-state index contributed by atoms with van der Waals surface area (Å²) in [6.45, 7) is 3.64. The van der Waals surface area contributed by atoms with Crippen LogP contribution in [0.25, 0.3) is 6.08 Å². The van der Waals surface area contributed by atoms with Crippen LogP contribution in [0.15, 0.2) is 88.2 Å². The van der Waals surface area contributed by atoms with Crippen LogP contribution >= 0.6 is 11.6 Å². The van der Waals surface area contributed by atoms with Gasteiger partial charge in [0.25, 0.3) is 0 Å². The molecule has 1 aliphatic rings. The Morgan fingerprint density at radius 2 is 1.09 bits per heavy atom. The van der Waals surface area contributed by atoms with Gasteiger partial charge in [-0.25, -0.2) is 16.8 Å². The van der Waals surface area contributed by atoms with E-state index < -0.39 is 20.0 Å². The summed E-state index contributed by atoms with van der Waals surface area (Å²) in [6, 6.07) is 20.1. The van der Waals surface area contributed by atoms with Crippen LogP contribution in [0.5, 0.6) is 0 Å². The van der Waals surface area contributed by atoms with Gasteiger partial charge < -0.3 is 0 Å². The third-order valence-corrected chi connectivity index (χ3v) is 9.47. The van der Waals surface area contributed by atoms with E-state index in [-0.39, 0.29) is 29.5 Å². The number of aryl methyl sites for hydroxylation is 2. The second-order valence-corrected chi connectivity index (χ2v) is 12.7. The van der Waals surface area contributed by atoms with E-state index in [4.69, 9.17) is 11.6 Å². The number of hydrogen-bond donors (Lipinski definition) is 0. The van der Waals surface area contributed by atoms with Crippen LogP contribution < -0.4 is 0 Å². The molecule has 0 unspecified atom stereocenters. The van der Waals surface area contributed by atoms with Gasteiger partial charge in [0, 0.05) is 18.1 Å². The van der Waals surface area contributed by atoms with Crippen LogP contribution in [0, 0.1) is 13.8 Å². The summed E-state index contributed by atoms with van der Waals surface area (Å²) in [5.41, 5.74) is 3.33. The quantitative estimate of drug-likeness (QED) is 0.493. The van der Waals surface area contributed by atoms with E-state index in [2.05, 4.69) is 0 Å². The van der Waals surface area contributed by atoms with Gasteiger partial charge in [0.2, 0.25) is 20.0 Å². The highest BCUT2D eigenvalue weighted by Gasteiger charge is 2.36. The fourth-order valence-electron chi connectivity index (χ4n) is 3.71. The Bertz CT molecular complexity index is 1330. The van der Waals surface area contributed by atoms with Gasteiger partial charge in [-0.15, -0.1) is 0 Å². The molecule has 0 aromatic heterocycles. The summed E-state index contributed by atoms with van der Waals surface area (Å²) < 4.78 is 56.2. The Morgan fingerprint density at radius 3 is 1.50 bits per heavy atom. The van der Waals surface area contributed by atoms with Crippen LogP contribution in [0.1, 0.15) is 16.7 Å². The highest BCUT2D eigenvalue weighted by molar-refractivity contribution is 7.90. The standard InChI is InChI=1S/C25H25ClN2O4S2/c1-19-3-11-24(12-4-19)33(29,30)27-16-22(15-21-7-9-23(26)10-8-21)17-28(18-27)34(31,32)25-13-5-20(2)6-14-25/h3-15H,16-18H2,1-2H3. The Kier molecular flexibility index (Phi) is 6.98. The molecule has 0 amide bonds. The minimum Gasteiger partial charge on any atom is -0.207 e. The third-order valence-electron chi connectivity index (χ3n) is 5.63. The van der Waals surface area contributed by atoms with Gasteiger partial charge in [-0.3, -0.25) is 0 Å². The molecule has 4 rings (SSSR count). The van der Waals surface area contributed by atoms with Crippen molar-refractivity contribution in [3.63, 3.8) is 0 Å². The molecule has 0 atom stereocenters. The number of hydrogen-bond acceptors (Lipinski definition) is 4. The number of rotatable bonds is 5. The van der Waals surface area contributed by atoms with Crippen molar-refractivity contribution in [2.24, 2.45) is 0 Å². The van der Waals surface area contributed by atoms with Crippen LogP contribution in [0.2, 0.25) is 5.02 Å². The molecule has 0 radical (unpaired) electrons. The van der Waals surface area contributed by atoms with Crippen LogP contribution in [-0.4, -0.2) is 45.2 Å². The maximum Gasteiger partial charge on any atom is 0.244 e. The maximum atomic E-state index is 13.5. The fourth-order valence-corrected chi connectivity index (χ4v) is 6.72. The van der Waals surface area contributed by atoms with E-state index in [0.29, 0.717) is 10.6 Å². The van der Waals surface area contributed by atoms with Crippen molar-refractivity contribution in [2.75, 3.05) is 19.8 Å². The molecular formula is C25H25ClN2O4S2. The van der Waals surface area contributed by atoms with Gasteiger partial charge in [0.1, 0.15) is 0 Å². The molecule has 178 valence electrons. The zero-order chi connectivity index (χ0) is 24.5. The number of nitrogens with zero attached hydrogens (tertiary/aromatic N) is 2. The number of sulfonamides is 2. The molecule has 1 fully saturated rings. The van der Waals surface area contributed by atoms with E-state index in [0.717, 1.165) is 16.7 Å². The summed E-state index contributed by atoms with van der Waals surface area (Å²) in [4.78, 5) is 0.247. The molecular weight excluding hydrogens is 492 g/mol. The van der Waals surface area contributed by atoms with Gasteiger partial charge in [-0.2, -0.15) is 8.61 Å². The van der Waals surface area contributed by atoms with Crippen molar-refractivity contribution >= 4 is 37.7 Å². The topological polar surface area (TPSA) is 74.8 Å². The summed E-state index contributed by atoms with van der Waals surface area (Å²) in [5.74, 6) is 0. The lowest BCUT2D eigenvalue weighted by molar-refractivity contribution is 0.273. The highest BCUT2D eigenvalue weighted by atomic mass is 35.5. The van der Waals surface area contributed by atoms with E-state index >= 15 is 0 Å². The Morgan fingerprint density at radius 1 is 0.676 bits per heavy atom. The molecule has 1 aliphatic heterocycles. The summed E-state index contributed by atoms with van der Waals surface area (Å²) in [5, 5.41) is 0.581. The van der Waals surface area contributed by atoms with Gasteiger partial charge in [-0.05, 0) is 61.4 Å². The zero-order valence-corrected chi connectivity index (χ0v) is 21.2. The Balaban J connectivity index is 1.75. The van der Waals surface area contributed by atoms with Crippen molar-refractivity contribution in [1.82, 2.24) is 8.61 Å². The normalized spacial score (nSPS) is 15.9. The molecule has 9 heteroatoms. The first-order chi connectivity index (χ1) is 16.1. The van der Waals surface area contributed by atoms with Crippen molar-refractivity contribution in [3.05, 3.63) is 100 Å². The second kappa shape index (κ2) is 9.64. The average molecular weight is 517 g/mol. The number of halogens is 1. The predicted octanol–water partition coefficient (Wildman–Crippen LogP) is 4.69. The van der Waals surface area contributed by atoms with E-state index in [1.54, 1.807) is 60.7 Å². The third kappa shape index (κ3) is 5.26. The van der Waals surface area contributed by atoms with Crippen LogP contribution in [0.4, 0.5) is 0 Å². The lowest BCUT2D eigenvalue weighted by atomic mass is 10.1. The molecule has 0 aliphatic carbocycles. The van der Waals surface area contributed by atoms with Crippen molar-refractivity contribution in [2.45, 2.75) is 23.6 Å². The Labute approximate surface area is 206 Å². The molecule has 3 aromatic rings. The molecule has 0 bridgehead atoms. The maximum absolute atomic E-state index is 13.5. The first-order valence-electron chi connectivity index (χ1n) is 10.6. The SMILES string of the molecule is Cc1ccc(S(=O)(=O)N2CC(=Cc3ccc(Cl)cc3)CN(S(=O)(=O)c3ccc(C)cc3)C2)cc1. The van der Waals surface area contributed by atoms with Gasteiger partial charge >= 0.3 is 0 Å². The molecule has 1 heterocycles. The first-order valence-corrected chi connectivity index (χ1v) is 13.9. The summed E-state index contributed by atoms with van der Waals surface area (Å²) in [7, 11) is -7.86. The van der Waals surface area contributed by atoms with Gasteiger partial charge in [0.15, 0.2) is 0 Å². The molecule has 3 aromatic carbocycles. The van der Waals surface area contributed by atoms with Crippen molar-refractivity contribution in [3.8, 4) is 0 Å². The summed E-state index contributed by atoms with van der Waals surface area (Å²) in [6.07, 6.45) is 1.81. The van der Waals surface area contributed by atoms with Crippen LogP contribution in [-0.2, 0) is 20.0 Å². The van der Waals surface area contributed by atoms with E-state index in [9.17, 15) is 16.8 Å². The fraction of sp³-hybridized carbons (Fsp3) is 0.200. The zero-order valence-electron chi connectivity index (χ0n) is 18.8. The van der Waals surface area contributed by atoms with E-state index in [1.165, 1.54) is 8.61 Å². The molecule has 6 nitrogen and oxygen atoms in total. The summed E-state index contributed by atoms with van der Waals surface area (Å²) >= 11 is 5.98. The smallest absolute Gasteiger partial charge is 0.207 e. The second-order valence-electron chi connectivity index (χ2n) is 8.35. The predicted molar refractivity (Wildman–Crippen MR) is 134 cm³/mol. The lowest BCUT2D eigenvalue weighted by Gasteiger charge is -2.35. The minimum absolute atomic E-state index is 0.0821. The molecule has 34 heavy (non-hydrogen) atoms. The van der Waals surface area contributed by atoms with Crippen molar-refractivity contribution in [1.29, 1.82) is 0 Å². The Hall–Kier alpha value is -2.49. The molecule has 0 spiro atoms. The molecule has 0 N–H and O–H groups in total. The van der Waals surface area contributed by atoms with E-state index in [1.807, 2.05) is 32.1 Å². The van der Waals surface area contributed by atoms with Crippen LogP contribution in [0.3, 0.4) is 0 Å². The molecule has 1 saturated heterocycles. The van der Waals surface area contributed by atoms with Gasteiger partial charge in [0.05, 0.1) is 16.5 Å². The van der Waals surface area contributed by atoms with Crippen molar-refractivity contribution < 1.29 is 16.8 Å². The largest absolute Gasteiger partial charge is 0.244 e. The lowest BCUT2D eigenvalue weighted by Crippen LogP contribution is -2.50. The monoisotopic (exact) mass is 516 g/mol. The minimum atomic E-state index is -3.93. The highest BCUT2D eigenvalue weighted by Crippen LogP contribution is 2.27. The average Bonchev–Trinajstić information content (AvgIpc) is 2.81. The molecule has 0 saturated carbocycles. The van der Waals surface area contributed by atoms with Gasteiger partial charge in [-0.1, -0.05) is 65.2 Å². The first kappa shape index (κ1) is 24.6.